The second-order valence-corrected chi connectivity index (χ2v) is 4.15. The van der Waals surface area contributed by atoms with Crippen LogP contribution in [0.3, 0.4) is 0 Å². The van der Waals surface area contributed by atoms with Gasteiger partial charge in [-0.2, -0.15) is 0 Å². The lowest BCUT2D eigenvalue weighted by Gasteiger charge is -1.86. The standard InChI is InChI=1S/C4H7BrO2S/c5-4-1-3(4)2-8(6)7/h3-4H,1-2H2,(H,6,7). The summed E-state index contributed by atoms with van der Waals surface area (Å²) in [6, 6.07) is 0. The Kier molecular flexibility index (Phi) is 2.06. The van der Waals surface area contributed by atoms with Crippen LogP contribution in [0.1, 0.15) is 6.42 Å². The van der Waals surface area contributed by atoms with E-state index in [0.29, 0.717) is 16.5 Å². The Morgan fingerprint density at radius 3 is 2.50 bits per heavy atom. The zero-order valence-electron chi connectivity index (χ0n) is 4.21. The molecule has 0 spiro atoms. The average molecular weight is 199 g/mol. The Hall–Kier alpha value is 0.590. The first kappa shape index (κ1) is 6.71. The molecule has 0 aromatic heterocycles. The van der Waals surface area contributed by atoms with Crippen molar-refractivity contribution >= 4 is 27.0 Å². The molecule has 0 aromatic rings. The van der Waals surface area contributed by atoms with Gasteiger partial charge in [-0.15, -0.1) is 0 Å². The average Bonchev–Trinajstić information content (AvgIpc) is 2.17. The Morgan fingerprint density at radius 2 is 2.38 bits per heavy atom. The normalized spacial score (nSPS) is 39.2. The van der Waals surface area contributed by atoms with E-state index in [2.05, 4.69) is 15.9 Å². The van der Waals surface area contributed by atoms with E-state index in [1.165, 1.54) is 0 Å². The van der Waals surface area contributed by atoms with Gasteiger partial charge in [0, 0.05) is 4.83 Å². The molecule has 4 heteroatoms. The van der Waals surface area contributed by atoms with E-state index in [9.17, 15) is 4.21 Å². The minimum Gasteiger partial charge on any atom is -0.306 e. The van der Waals surface area contributed by atoms with Crippen LogP contribution in [0.5, 0.6) is 0 Å². The highest BCUT2D eigenvalue weighted by molar-refractivity contribution is 9.09. The van der Waals surface area contributed by atoms with Crippen LogP contribution >= 0.6 is 15.9 Å². The quantitative estimate of drug-likeness (QED) is 0.531. The molecule has 3 atom stereocenters. The highest BCUT2D eigenvalue weighted by Crippen LogP contribution is 2.37. The smallest absolute Gasteiger partial charge is 0.153 e. The summed E-state index contributed by atoms with van der Waals surface area (Å²) in [5.74, 6) is 0.899. The lowest BCUT2D eigenvalue weighted by Crippen LogP contribution is -1.97. The predicted molar refractivity (Wildman–Crippen MR) is 36.5 cm³/mol. The molecule has 0 radical (unpaired) electrons. The number of hydrogen-bond acceptors (Lipinski definition) is 1. The van der Waals surface area contributed by atoms with E-state index in [1.807, 2.05) is 0 Å². The lowest BCUT2D eigenvalue weighted by atomic mass is 10.5. The van der Waals surface area contributed by atoms with Gasteiger partial charge < -0.3 is 4.55 Å². The number of alkyl halides is 1. The molecule has 0 aliphatic heterocycles. The largest absolute Gasteiger partial charge is 0.306 e. The number of halogens is 1. The monoisotopic (exact) mass is 198 g/mol. The third kappa shape index (κ3) is 1.84. The van der Waals surface area contributed by atoms with Crippen molar-refractivity contribution in [3.8, 4) is 0 Å². The summed E-state index contributed by atoms with van der Waals surface area (Å²) >= 11 is 1.75. The van der Waals surface area contributed by atoms with Crippen LogP contribution in [-0.4, -0.2) is 19.3 Å². The van der Waals surface area contributed by atoms with Crippen LogP contribution in [0.2, 0.25) is 0 Å². The summed E-state index contributed by atoms with van der Waals surface area (Å²) in [4.78, 5) is 0.513. The van der Waals surface area contributed by atoms with Gasteiger partial charge in [-0.1, -0.05) is 15.9 Å². The fourth-order valence-corrected chi connectivity index (χ4v) is 2.22. The third-order valence-corrected chi connectivity index (χ3v) is 3.03. The number of rotatable bonds is 2. The van der Waals surface area contributed by atoms with Crippen molar-refractivity contribution in [1.82, 2.24) is 0 Å². The summed E-state index contributed by atoms with van der Waals surface area (Å²) in [6.45, 7) is 0. The zero-order chi connectivity index (χ0) is 6.15. The van der Waals surface area contributed by atoms with Crippen molar-refractivity contribution < 1.29 is 8.76 Å². The number of hydrogen-bond donors (Lipinski definition) is 1. The van der Waals surface area contributed by atoms with E-state index >= 15 is 0 Å². The molecule has 1 fully saturated rings. The van der Waals surface area contributed by atoms with Crippen molar-refractivity contribution in [2.24, 2.45) is 5.92 Å². The van der Waals surface area contributed by atoms with Gasteiger partial charge in [-0.3, -0.25) is 0 Å². The molecule has 0 heterocycles. The van der Waals surface area contributed by atoms with Gasteiger partial charge in [-0.05, 0) is 12.3 Å². The molecular formula is C4H7BrO2S. The molecule has 48 valence electrons. The Labute approximate surface area is 59.1 Å². The maximum absolute atomic E-state index is 10.1. The fraction of sp³-hybridized carbons (Fsp3) is 1.00. The van der Waals surface area contributed by atoms with E-state index in [1.54, 1.807) is 0 Å². The second kappa shape index (κ2) is 2.45. The van der Waals surface area contributed by atoms with Crippen LogP contribution in [0.15, 0.2) is 0 Å². The van der Waals surface area contributed by atoms with Crippen LogP contribution < -0.4 is 0 Å². The Morgan fingerprint density at radius 1 is 1.88 bits per heavy atom. The summed E-state index contributed by atoms with van der Waals surface area (Å²) in [5.41, 5.74) is 0. The van der Waals surface area contributed by atoms with Gasteiger partial charge in [0.25, 0.3) is 0 Å². The molecule has 1 N–H and O–H groups in total. The summed E-state index contributed by atoms with van der Waals surface area (Å²) in [6.07, 6.45) is 1.06. The highest BCUT2D eigenvalue weighted by atomic mass is 79.9. The molecule has 8 heavy (non-hydrogen) atoms. The molecule has 2 nitrogen and oxygen atoms in total. The van der Waals surface area contributed by atoms with Crippen molar-refractivity contribution in [2.75, 3.05) is 5.75 Å². The first-order chi connectivity index (χ1) is 3.70. The highest BCUT2D eigenvalue weighted by Gasteiger charge is 2.35. The topological polar surface area (TPSA) is 37.3 Å². The van der Waals surface area contributed by atoms with Gasteiger partial charge in [-0.25, -0.2) is 4.21 Å². The summed E-state index contributed by atoms with van der Waals surface area (Å²) in [7, 11) is 0. The van der Waals surface area contributed by atoms with Gasteiger partial charge in [0.15, 0.2) is 11.1 Å². The molecule has 1 aliphatic carbocycles. The maximum atomic E-state index is 10.1. The summed E-state index contributed by atoms with van der Waals surface area (Å²) < 4.78 is 18.4. The van der Waals surface area contributed by atoms with Gasteiger partial charge >= 0.3 is 0 Å². The molecule has 1 saturated carbocycles. The van der Waals surface area contributed by atoms with Crippen molar-refractivity contribution in [1.29, 1.82) is 0 Å². The molecule has 0 bridgehead atoms. The van der Waals surface area contributed by atoms with E-state index in [4.69, 9.17) is 4.55 Å². The van der Waals surface area contributed by atoms with Gasteiger partial charge in [0.1, 0.15) is 0 Å². The molecule has 0 amide bonds. The third-order valence-electron chi connectivity index (χ3n) is 1.19. The molecular weight excluding hydrogens is 192 g/mol. The lowest BCUT2D eigenvalue weighted by molar-refractivity contribution is 0.561. The van der Waals surface area contributed by atoms with Crippen LogP contribution in [-0.2, 0) is 11.1 Å². The van der Waals surface area contributed by atoms with E-state index < -0.39 is 11.1 Å². The van der Waals surface area contributed by atoms with Gasteiger partial charge in [0.2, 0.25) is 0 Å². The van der Waals surface area contributed by atoms with Crippen molar-refractivity contribution in [3.05, 3.63) is 0 Å². The fourth-order valence-electron chi connectivity index (χ4n) is 0.566. The Balaban J connectivity index is 2.14. The van der Waals surface area contributed by atoms with Crippen molar-refractivity contribution in [3.63, 3.8) is 0 Å². The molecule has 3 unspecified atom stereocenters. The van der Waals surface area contributed by atoms with E-state index in [-0.39, 0.29) is 0 Å². The second-order valence-electron chi connectivity index (χ2n) is 2.00. The summed E-state index contributed by atoms with van der Waals surface area (Å²) in [5, 5.41) is 0. The molecule has 0 saturated heterocycles. The van der Waals surface area contributed by atoms with Crippen molar-refractivity contribution in [2.45, 2.75) is 11.2 Å². The minimum absolute atomic E-state index is 0.440. The molecule has 1 rings (SSSR count). The van der Waals surface area contributed by atoms with E-state index in [0.717, 1.165) is 6.42 Å². The molecule has 1 aliphatic rings. The first-order valence-corrected chi connectivity index (χ1v) is 4.61. The Bertz CT molecular complexity index is 117. The minimum atomic E-state index is -1.58. The first-order valence-electron chi connectivity index (χ1n) is 2.41. The SMILES string of the molecule is O=S(O)CC1CC1Br. The predicted octanol–water partition coefficient (Wildman–Crippen LogP) is 0.992. The van der Waals surface area contributed by atoms with Crippen LogP contribution in [0.25, 0.3) is 0 Å². The van der Waals surface area contributed by atoms with Gasteiger partial charge in [0.05, 0.1) is 5.75 Å². The maximum Gasteiger partial charge on any atom is 0.153 e. The van der Waals surface area contributed by atoms with Crippen LogP contribution in [0.4, 0.5) is 0 Å². The zero-order valence-corrected chi connectivity index (χ0v) is 6.61. The molecule has 0 aromatic carbocycles. The van der Waals surface area contributed by atoms with Crippen LogP contribution in [0, 0.1) is 5.92 Å².